The lowest BCUT2D eigenvalue weighted by Gasteiger charge is -2.07. The van der Waals surface area contributed by atoms with Gasteiger partial charge in [0, 0.05) is 17.8 Å². The second-order valence-electron chi connectivity index (χ2n) is 6.32. The minimum absolute atomic E-state index is 0.0276. The van der Waals surface area contributed by atoms with Crippen molar-refractivity contribution in [1.29, 1.82) is 0 Å². The second-order valence-corrected chi connectivity index (χ2v) is 6.72. The Morgan fingerprint density at radius 1 is 1.10 bits per heavy atom. The van der Waals surface area contributed by atoms with Gasteiger partial charge in [0.25, 0.3) is 11.6 Å². The van der Waals surface area contributed by atoms with Gasteiger partial charge in [-0.3, -0.25) is 14.9 Å². The van der Waals surface area contributed by atoms with E-state index >= 15 is 0 Å². The maximum atomic E-state index is 14.0. The number of H-pyrrole nitrogens is 1. The molecule has 1 heterocycles. The molecule has 0 unspecified atom stereocenters. The third kappa shape index (κ3) is 3.70. The standard InChI is InChI=1S/C20H11ClF2N4O3/c21-15-4-3-12(27(29)30)9-13(15)20(28)24-11-2-6-17-18(8-11)26-19(25-17)14-7-10(22)1-5-16(14)23/h1-9H,(H,24,28)(H,25,26). The van der Waals surface area contributed by atoms with E-state index in [0.29, 0.717) is 16.7 Å². The molecule has 30 heavy (non-hydrogen) atoms. The highest BCUT2D eigenvalue weighted by Gasteiger charge is 2.17. The molecule has 0 bridgehead atoms. The molecule has 0 saturated carbocycles. The molecule has 0 aliphatic rings. The van der Waals surface area contributed by atoms with Crippen molar-refractivity contribution in [3.8, 4) is 11.4 Å². The van der Waals surface area contributed by atoms with E-state index in [2.05, 4.69) is 15.3 Å². The Labute approximate surface area is 172 Å². The lowest BCUT2D eigenvalue weighted by Crippen LogP contribution is -2.12. The Hall–Kier alpha value is -3.85. The molecule has 4 rings (SSSR count). The minimum atomic E-state index is -0.640. The van der Waals surface area contributed by atoms with Gasteiger partial charge in [-0.2, -0.15) is 0 Å². The molecular formula is C20H11ClF2N4O3. The van der Waals surface area contributed by atoms with Crippen LogP contribution in [0.2, 0.25) is 5.02 Å². The normalized spacial score (nSPS) is 10.9. The van der Waals surface area contributed by atoms with Gasteiger partial charge in [0.2, 0.25) is 0 Å². The molecule has 0 atom stereocenters. The number of carbonyl (C=O) groups excluding carboxylic acids is 1. The number of hydrogen-bond acceptors (Lipinski definition) is 4. The Bertz CT molecular complexity index is 1320. The maximum Gasteiger partial charge on any atom is 0.270 e. The van der Waals surface area contributed by atoms with E-state index in [1.165, 1.54) is 12.1 Å². The van der Waals surface area contributed by atoms with Crippen LogP contribution in [0.1, 0.15) is 10.4 Å². The fourth-order valence-corrected chi connectivity index (χ4v) is 3.10. The topological polar surface area (TPSA) is 101 Å². The first-order valence-corrected chi connectivity index (χ1v) is 8.90. The predicted octanol–water partition coefficient (Wildman–Crippen LogP) is 5.32. The number of rotatable bonds is 4. The van der Waals surface area contributed by atoms with Crippen molar-refractivity contribution in [3.05, 3.63) is 86.9 Å². The van der Waals surface area contributed by atoms with Crippen LogP contribution in [0.3, 0.4) is 0 Å². The Morgan fingerprint density at radius 2 is 1.90 bits per heavy atom. The van der Waals surface area contributed by atoms with E-state index in [0.717, 1.165) is 24.3 Å². The molecule has 3 aromatic carbocycles. The van der Waals surface area contributed by atoms with Crippen molar-refractivity contribution < 1.29 is 18.5 Å². The first-order valence-electron chi connectivity index (χ1n) is 8.52. The second kappa shape index (κ2) is 7.53. The molecule has 0 saturated heterocycles. The fourth-order valence-electron chi connectivity index (χ4n) is 2.89. The van der Waals surface area contributed by atoms with Crippen LogP contribution in [0.4, 0.5) is 20.2 Å². The van der Waals surface area contributed by atoms with Gasteiger partial charge in [0.15, 0.2) is 0 Å². The molecule has 0 spiro atoms. The van der Waals surface area contributed by atoms with Gasteiger partial charge < -0.3 is 10.3 Å². The molecular weight excluding hydrogens is 418 g/mol. The lowest BCUT2D eigenvalue weighted by atomic mass is 10.1. The number of fused-ring (bicyclic) bond motifs is 1. The number of imidazole rings is 1. The number of nitro benzene ring substituents is 1. The van der Waals surface area contributed by atoms with E-state index < -0.39 is 22.5 Å². The molecule has 0 fully saturated rings. The fraction of sp³-hybridized carbons (Fsp3) is 0. The van der Waals surface area contributed by atoms with Crippen LogP contribution in [0.25, 0.3) is 22.4 Å². The first-order chi connectivity index (χ1) is 14.3. The third-order valence-electron chi connectivity index (χ3n) is 4.33. The monoisotopic (exact) mass is 428 g/mol. The number of halogens is 3. The summed E-state index contributed by atoms with van der Waals surface area (Å²) in [6.45, 7) is 0. The maximum absolute atomic E-state index is 14.0. The molecule has 0 aliphatic heterocycles. The number of non-ortho nitro benzene ring substituents is 1. The molecule has 150 valence electrons. The molecule has 2 N–H and O–H groups in total. The quantitative estimate of drug-likeness (QED) is 0.339. The number of benzene rings is 3. The summed E-state index contributed by atoms with van der Waals surface area (Å²) in [5.41, 5.74) is 0.940. The van der Waals surface area contributed by atoms with Crippen LogP contribution in [-0.4, -0.2) is 20.8 Å². The largest absolute Gasteiger partial charge is 0.338 e. The van der Waals surface area contributed by atoms with Crippen molar-refractivity contribution in [2.75, 3.05) is 5.32 Å². The summed E-state index contributed by atoms with van der Waals surface area (Å²) in [4.78, 5) is 29.9. The Kier molecular flexibility index (Phi) is 4.88. The third-order valence-corrected chi connectivity index (χ3v) is 4.66. The van der Waals surface area contributed by atoms with Crippen molar-refractivity contribution in [2.45, 2.75) is 0 Å². The molecule has 1 amide bonds. The van der Waals surface area contributed by atoms with E-state index in [-0.39, 0.29) is 27.7 Å². The number of nitrogens with one attached hydrogen (secondary N) is 2. The predicted molar refractivity (Wildman–Crippen MR) is 108 cm³/mol. The number of nitrogens with zero attached hydrogens (tertiary/aromatic N) is 2. The summed E-state index contributed by atoms with van der Waals surface area (Å²) in [6, 6.07) is 11.3. The summed E-state index contributed by atoms with van der Waals surface area (Å²) < 4.78 is 27.5. The van der Waals surface area contributed by atoms with Gasteiger partial charge >= 0.3 is 0 Å². The first kappa shape index (κ1) is 19.5. The smallest absolute Gasteiger partial charge is 0.270 e. The van der Waals surface area contributed by atoms with Crippen molar-refractivity contribution >= 4 is 39.9 Å². The zero-order valence-electron chi connectivity index (χ0n) is 14.9. The number of carbonyl (C=O) groups is 1. The molecule has 10 heteroatoms. The van der Waals surface area contributed by atoms with E-state index in [4.69, 9.17) is 11.6 Å². The van der Waals surface area contributed by atoms with E-state index in [9.17, 15) is 23.7 Å². The Balaban J connectivity index is 1.65. The van der Waals surface area contributed by atoms with Gasteiger partial charge in [-0.05, 0) is 42.5 Å². The molecule has 0 aliphatic carbocycles. The van der Waals surface area contributed by atoms with Crippen molar-refractivity contribution in [3.63, 3.8) is 0 Å². The van der Waals surface area contributed by atoms with Crippen molar-refractivity contribution in [1.82, 2.24) is 9.97 Å². The number of hydrogen-bond donors (Lipinski definition) is 2. The van der Waals surface area contributed by atoms with Crippen molar-refractivity contribution in [2.24, 2.45) is 0 Å². The number of amides is 1. The van der Waals surface area contributed by atoms with Crippen LogP contribution < -0.4 is 5.32 Å². The van der Waals surface area contributed by atoms with Crippen LogP contribution in [0.5, 0.6) is 0 Å². The van der Waals surface area contributed by atoms with Gasteiger partial charge in [-0.1, -0.05) is 11.6 Å². The van der Waals surface area contributed by atoms with Crippen LogP contribution >= 0.6 is 11.6 Å². The zero-order chi connectivity index (χ0) is 21.4. The Morgan fingerprint density at radius 3 is 2.67 bits per heavy atom. The number of aromatic amines is 1. The van der Waals surface area contributed by atoms with Gasteiger partial charge in [-0.15, -0.1) is 0 Å². The summed E-state index contributed by atoms with van der Waals surface area (Å²) >= 11 is 5.99. The zero-order valence-corrected chi connectivity index (χ0v) is 15.7. The highest BCUT2D eigenvalue weighted by atomic mass is 35.5. The molecule has 7 nitrogen and oxygen atoms in total. The number of anilines is 1. The highest BCUT2D eigenvalue weighted by Crippen LogP contribution is 2.27. The average molecular weight is 429 g/mol. The van der Waals surface area contributed by atoms with Crippen LogP contribution in [0.15, 0.2) is 54.6 Å². The molecule has 0 radical (unpaired) electrons. The van der Waals surface area contributed by atoms with Crippen LogP contribution in [0, 0.1) is 21.7 Å². The summed E-state index contributed by atoms with van der Waals surface area (Å²) in [7, 11) is 0. The summed E-state index contributed by atoms with van der Waals surface area (Å²) in [6.07, 6.45) is 0. The summed E-state index contributed by atoms with van der Waals surface area (Å²) in [5.74, 6) is -1.75. The lowest BCUT2D eigenvalue weighted by molar-refractivity contribution is -0.384. The molecule has 1 aromatic heterocycles. The minimum Gasteiger partial charge on any atom is -0.338 e. The summed E-state index contributed by atoms with van der Waals surface area (Å²) in [5, 5.41) is 13.6. The number of nitro groups is 1. The average Bonchev–Trinajstić information content (AvgIpc) is 3.13. The van der Waals surface area contributed by atoms with Gasteiger partial charge in [-0.25, -0.2) is 13.8 Å². The number of aromatic nitrogens is 2. The molecule has 4 aromatic rings. The SMILES string of the molecule is O=C(Nc1ccc2nc(-c3cc(F)ccc3F)[nH]c2c1)c1cc([N+](=O)[O-])ccc1Cl. The van der Waals surface area contributed by atoms with E-state index in [1.807, 2.05) is 0 Å². The highest BCUT2D eigenvalue weighted by molar-refractivity contribution is 6.34. The van der Waals surface area contributed by atoms with E-state index in [1.54, 1.807) is 18.2 Å². The van der Waals surface area contributed by atoms with Gasteiger partial charge in [0.05, 0.1) is 32.1 Å². The van der Waals surface area contributed by atoms with Gasteiger partial charge in [0.1, 0.15) is 17.5 Å². The van der Waals surface area contributed by atoms with Crippen LogP contribution in [-0.2, 0) is 0 Å².